The molecule has 0 unspecified atom stereocenters. The molecule has 3 nitrogen and oxygen atoms in total. The van der Waals surface area contributed by atoms with Gasteiger partial charge in [-0.25, -0.2) is 4.39 Å². The van der Waals surface area contributed by atoms with Gasteiger partial charge in [0, 0.05) is 11.4 Å². The molecule has 18 heavy (non-hydrogen) atoms. The fourth-order valence-corrected chi connectivity index (χ4v) is 1.73. The van der Waals surface area contributed by atoms with Crippen LogP contribution in [0.1, 0.15) is 11.1 Å². The van der Waals surface area contributed by atoms with Crippen molar-refractivity contribution in [1.82, 2.24) is 0 Å². The van der Waals surface area contributed by atoms with Crippen LogP contribution in [0.5, 0.6) is 0 Å². The van der Waals surface area contributed by atoms with Crippen LogP contribution in [-0.4, -0.2) is 0 Å². The van der Waals surface area contributed by atoms with Crippen LogP contribution < -0.4 is 11.1 Å². The Bertz CT molecular complexity index is 609. The molecule has 2 aromatic rings. The summed E-state index contributed by atoms with van der Waals surface area (Å²) in [5, 5.41) is 12.0. The molecule has 0 bridgehead atoms. The Labute approximate surface area is 105 Å². The molecule has 0 atom stereocenters. The molecule has 90 valence electrons. The zero-order valence-corrected chi connectivity index (χ0v) is 9.87. The second-order valence-electron chi connectivity index (χ2n) is 4.06. The van der Waals surface area contributed by atoms with E-state index in [9.17, 15) is 4.39 Å². The van der Waals surface area contributed by atoms with Gasteiger partial charge in [-0.15, -0.1) is 0 Å². The third-order valence-corrected chi connectivity index (χ3v) is 2.49. The van der Waals surface area contributed by atoms with Crippen LogP contribution in [0, 0.1) is 24.1 Å². The molecular formula is C14H12FN3. The summed E-state index contributed by atoms with van der Waals surface area (Å²) >= 11 is 0. The third-order valence-electron chi connectivity index (χ3n) is 2.49. The van der Waals surface area contributed by atoms with Crippen molar-refractivity contribution in [2.75, 3.05) is 11.1 Å². The summed E-state index contributed by atoms with van der Waals surface area (Å²) in [6.45, 7) is 1.81. The van der Waals surface area contributed by atoms with Crippen molar-refractivity contribution in [3.8, 4) is 6.07 Å². The number of benzene rings is 2. The van der Waals surface area contributed by atoms with E-state index < -0.39 is 0 Å². The summed E-state index contributed by atoms with van der Waals surface area (Å²) in [5.74, 6) is -0.313. The number of nitrogens with zero attached hydrogens (tertiary/aromatic N) is 1. The minimum Gasteiger partial charge on any atom is -0.399 e. The molecule has 0 aromatic heterocycles. The Kier molecular flexibility index (Phi) is 3.16. The van der Waals surface area contributed by atoms with Gasteiger partial charge in [-0.3, -0.25) is 0 Å². The highest BCUT2D eigenvalue weighted by molar-refractivity contribution is 5.69. The van der Waals surface area contributed by atoms with Gasteiger partial charge in [0.1, 0.15) is 11.9 Å². The maximum absolute atomic E-state index is 13.3. The summed E-state index contributed by atoms with van der Waals surface area (Å²) in [4.78, 5) is 0. The molecule has 0 saturated carbocycles. The molecule has 0 amide bonds. The fourth-order valence-electron chi connectivity index (χ4n) is 1.73. The summed E-state index contributed by atoms with van der Waals surface area (Å²) in [6, 6.07) is 11.6. The van der Waals surface area contributed by atoms with Crippen molar-refractivity contribution in [3.63, 3.8) is 0 Å². The van der Waals surface area contributed by atoms with Crippen molar-refractivity contribution >= 4 is 17.1 Å². The van der Waals surface area contributed by atoms with E-state index in [-0.39, 0.29) is 5.82 Å². The van der Waals surface area contributed by atoms with E-state index in [4.69, 9.17) is 11.0 Å². The maximum atomic E-state index is 13.3. The van der Waals surface area contributed by atoms with E-state index >= 15 is 0 Å². The van der Waals surface area contributed by atoms with Gasteiger partial charge in [-0.1, -0.05) is 0 Å². The first-order valence-electron chi connectivity index (χ1n) is 5.42. The largest absolute Gasteiger partial charge is 0.399 e. The SMILES string of the molecule is Cc1cc(F)cc(Nc2ccc(N)cc2C#N)c1. The Hall–Kier alpha value is -2.54. The Morgan fingerprint density at radius 1 is 1.22 bits per heavy atom. The monoisotopic (exact) mass is 241 g/mol. The van der Waals surface area contributed by atoms with E-state index in [0.717, 1.165) is 5.56 Å². The molecule has 0 aliphatic carbocycles. The normalized spacial score (nSPS) is 9.83. The van der Waals surface area contributed by atoms with Gasteiger partial charge < -0.3 is 11.1 Å². The quantitative estimate of drug-likeness (QED) is 0.793. The summed E-state index contributed by atoms with van der Waals surface area (Å²) in [6.07, 6.45) is 0. The average Bonchev–Trinajstić information content (AvgIpc) is 2.30. The highest BCUT2D eigenvalue weighted by Gasteiger charge is 2.04. The lowest BCUT2D eigenvalue weighted by atomic mass is 10.1. The lowest BCUT2D eigenvalue weighted by molar-refractivity contribution is 0.627. The molecule has 0 saturated heterocycles. The van der Waals surface area contributed by atoms with Crippen molar-refractivity contribution in [2.45, 2.75) is 6.92 Å². The number of hydrogen-bond donors (Lipinski definition) is 2. The van der Waals surface area contributed by atoms with E-state index in [1.165, 1.54) is 12.1 Å². The number of nitrogen functional groups attached to an aromatic ring is 1. The lowest BCUT2D eigenvalue weighted by Crippen LogP contribution is -1.96. The van der Waals surface area contributed by atoms with Gasteiger partial charge in [0.2, 0.25) is 0 Å². The summed E-state index contributed by atoms with van der Waals surface area (Å²) < 4.78 is 13.3. The van der Waals surface area contributed by atoms with Crippen LogP contribution in [0.25, 0.3) is 0 Å². The van der Waals surface area contributed by atoms with Crippen LogP contribution in [0.2, 0.25) is 0 Å². The molecular weight excluding hydrogens is 229 g/mol. The second kappa shape index (κ2) is 4.76. The molecule has 0 spiro atoms. The maximum Gasteiger partial charge on any atom is 0.125 e. The van der Waals surface area contributed by atoms with Crippen molar-refractivity contribution < 1.29 is 4.39 Å². The molecule has 2 aromatic carbocycles. The zero-order chi connectivity index (χ0) is 13.1. The van der Waals surface area contributed by atoms with Gasteiger partial charge in [0.05, 0.1) is 11.3 Å². The van der Waals surface area contributed by atoms with E-state index in [0.29, 0.717) is 22.6 Å². The zero-order valence-electron chi connectivity index (χ0n) is 9.87. The number of halogens is 1. The Morgan fingerprint density at radius 3 is 2.67 bits per heavy atom. The molecule has 0 aliphatic rings. The fraction of sp³-hybridized carbons (Fsp3) is 0.0714. The average molecular weight is 241 g/mol. The van der Waals surface area contributed by atoms with Crippen LogP contribution in [-0.2, 0) is 0 Å². The van der Waals surface area contributed by atoms with E-state index in [1.807, 2.05) is 13.0 Å². The predicted octanol–water partition coefficient (Wildman–Crippen LogP) is 3.33. The van der Waals surface area contributed by atoms with E-state index in [1.54, 1.807) is 24.3 Å². The number of nitrogens with two attached hydrogens (primary N) is 1. The minimum absolute atomic E-state index is 0.313. The van der Waals surface area contributed by atoms with Gasteiger partial charge in [-0.05, 0) is 48.9 Å². The van der Waals surface area contributed by atoms with Crippen LogP contribution in [0.15, 0.2) is 36.4 Å². The summed E-state index contributed by atoms with van der Waals surface area (Å²) in [7, 11) is 0. The van der Waals surface area contributed by atoms with Gasteiger partial charge in [-0.2, -0.15) is 5.26 Å². The number of anilines is 3. The Balaban J connectivity index is 2.37. The first kappa shape index (κ1) is 11.9. The van der Waals surface area contributed by atoms with Crippen molar-refractivity contribution in [1.29, 1.82) is 5.26 Å². The third kappa shape index (κ3) is 2.58. The van der Waals surface area contributed by atoms with Gasteiger partial charge >= 0.3 is 0 Å². The molecule has 0 aliphatic heterocycles. The van der Waals surface area contributed by atoms with Gasteiger partial charge in [0.15, 0.2) is 0 Å². The van der Waals surface area contributed by atoms with E-state index in [2.05, 4.69) is 5.32 Å². The highest BCUT2D eigenvalue weighted by atomic mass is 19.1. The lowest BCUT2D eigenvalue weighted by Gasteiger charge is -2.09. The Morgan fingerprint density at radius 2 is 2.00 bits per heavy atom. The molecule has 4 heteroatoms. The standard InChI is InChI=1S/C14H12FN3/c1-9-4-11(15)7-13(5-9)18-14-3-2-12(17)6-10(14)8-16/h2-7,18H,17H2,1H3. The van der Waals surface area contributed by atoms with Gasteiger partial charge in [0.25, 0.3) is 0 Å². The topological polar surface area (TPSA) is 61.8 Å². The smallest absolute Gasteiger partial charge is 0.125 e. The summed E-state index contributed by atoms with van der Waals surface area (Å²) in [5.41, 5.74) is 8.58. The first-order chi connectivity index (χ1) is 8.58. The predicted molar refractivity (Wildman–Crippen MR) is 70.0 cm³/mol. The number of rotatable bonds is 2. The number of nitriles is 1. The van der Waals surface area contributed by atoms with Crippen LogP contribution in [0.4, 0.5) is 21.5 Å². The molecule has 0 radical (unpaired) electrons. The molecule has 0 fully saturated rings. The van der Waals surface area contributed by atoms with Crippen LogP contribution in [0.3, 0.4) is 0 Å². The van der Waals surface area contributed by atoms with Crippen LogP contribution >= 0.6 is 0 Å². The number of aryl methyl sites for hydroxylation is 1. The van der Waals surface area contributed by atoms with Crippen molar-refractivity contribution in [3.05, 3.63) is 53.3 Å². The molecule has 0 heterocycles. The second-order valence-corrected chi connectivity index (χ2v) is 4.06. The number of hydrogen-bond acceptors (Lipinski definition) is 3. The van der Waals surface area contributed by atoms with Crippen molar-refractivity contribution in [2.24, 2.45) is 0 Å². The number of nitrogens with one attached hydrogen (secondary N) is 1. The minimum atomic E-state index is -0.313. The first-order valence-corrected chi connectivity index (χ1v) is 5.42. The molecule has 3 N–H and O–H groups in total. The molecule has 2 rings (SSSR count). The highest BCUT2D eigenvalue weighted by Crippen LogP contribution is 2.23.